The molecule has 27 heavy (non-hydrogen) atoms. The summed E-state index contributed by atoms with van der Waals surface area (Å²) in [5, 5.41) is 0. The van der Waals surface area contributed by atoms with Crippen LogP contribution in [0.25, 0.3) is 0 Å². The van der Waals surface area contributed by atoms with Crippen LogP contribution < -0.4 is 0 Å². The largest absolute Gasteiger partial charge is 0.444 e. The molecule has 1 aliphatic heterocycles. The Morgan fingerprint density at radius 2 is 1.56 bits per heavy atom. The maximum atomic E-state index is 12.7. The summed E-state index contributed by atoms with van der Waals surface area (Å²) in [4.78, 5) is 28.3. The predicted molar refractivity (Wildman–Crippen MR) is 103 cm³/mol. The lowest BCUT2D eigenvalue weighted by atomic mass is 10.1. The van der Waals surface area contributed by atoms with Crippen LogP contribution >= 0.6 is 0 Å². The Morgan fingerprint density at radius 1 is 1.00 bits per heavy atom. The first-order chi connectivity index (χ1) is 12.4. The summed E-state index contributed by atoms with van der Waals surface area (Å²) in [6.45, 7) is 7.44. The van der Waals surface area contributed by atoms with Crippen LogP contribution in [0.1, 0.15) is 43.1 Å². The number of amides is 2. The molecule has 2 rings (SSSR count). The Balaban J connectivity index is 1.98. The lowest BCUT2D eigenvalue weighted by Crippen LogP contribution is -2.40. The normalized spacial score (nSPS) is 16.0. The minimum Gasteiger partial charge on any atom is -0.444 e. The zero-order chi connectivity index (χ0) is 20.2. The summed E-state index contributed by atoms with van der Waals surface area (Å²) in [7, 11) is -3.11. The summed E-state index contributed by atoms with van der Waals surface area (Å²) < 4.78 is 28.1. The van der Waals surface area contributed by atoms with Gasteiger partial charge in [-0.05, 0) is 44.9 Å². The lowest BCUT2D eigenvalue weighted by molar-refractivity contribution is 0.0255. The Morgan fingerprint density at radius 3 is 2.11 bits per heavy atom. The van der Waals surface area contributed by atoms with E-state index in [0.717, 1.165) is 0 Å². The molecule has 0 aromatic heterocycles. The van der Waals surface area contributed by atoms with Gasteiger partial charge in [0.1, 0.15) is 5.60 Å². The molecule has 0 N–H and O–H groups in total. The zero-order valence-electron chi connectivity index (χ0n) is 16.4. The molecule has 7 nitrogen and oxygen atoms in total. The molecule has 8 heteroatoms. The second-order valence-corrected chi connectivity index (χ2v) is 10.0. The maximum Gasteiger partial charge on any atom is 0.410 e. The molecule has 1 fully saturated rings. The molecule has 0 radical (unpaired) electrons. The number of rotatable bonds is 3. The molecule has 1 aromatic rings. The molecule has 1 aromatic carbocycles. The second kappa shape index (κ2) is 8.29. The topological polar surface area (TPSA) is 84.0 Å². The van der Waals surface area contributed by atoms with E-state index in [1.165, 1.54) is 6.26 Å². The van der Waals surface area contributed by atoms with Gasteiger partial charge in [0.05, 0.1) is 5.75 Å². The van der Waals surface area contributed by atoms with Crippen molar-refractivity contribution in [2.75, 3.05) is 32.4 Å². The van der Waals surface area contributed by atoms with Crippen molar-refractivity contribution in [1.82, 2.24) is 9.80 Å². The summed E-state index contributed by atoms with van der Waals surface area (Å²) in [5.41, 5.74) is 0.617. The molecule has 0 aliphatic carbocycles. The molecule has 0 atom stereocenters. The van der Waals surface area contributed by atoms with Crippen LogP contribution in [0.3, 0.4) is 0 Å². The quantitative estimate of drug-likeness (QED) is 0.783. The first kappa shape index (κ1) is 21.2. The van der Waals surface area contributed by atoms with Crippen LogP contribution in [0, 0.1) is 0 Å². The van der Waals surface area contributed by atoms with Gasteiger partial charge in [-0.1, -0.05) is 12.1 Å². The second-order valence-electron chi connectivity index (χ2n) is 7.88. The van der Waals surface area contributed by atoms with Crippen molar-refractivity contribution in [2.45, 2.75) is 38.5 Å². The molecular weight excluding hydrogens is 368 g/mol. The Hall–Kier alpha value is -2.09. The Kier molecular flexibility index (Phi) is 6.51. The fourth-order valence-electron chi connectivity index (χ4n) is 2.86. The average Bonchev–Trinajstić information content (AvgIpc) is 2.78. The van der Waals surface area contributed by atoms with Gasteiger partial charge in [0.25, 0.3) is 5.91 Å². The van der Waals surface area contributed by atoms with E-state index in [-0.39, 0.29) is 17.8 Å². The molecule has 1 aliphatic rings. The zero-order valence-corrected chi connectivity index (χ0v) is 17.2. The van der Waals surface area contributed by atoms with Gasteiger partial charge < -0.3 is 14.5 Å². The van der Waals surface area contributed by atoms with Crippen molar-refractivity contribution in [2.24, 2.45) is 0 Å². The molecule has 1 saturated heterocycles. The first-order valence-electron chi connectivity index (χ1n) is 8.98. The summed E-state index contributed by atoms with van der Waals surface area (Å²) >= 11 is 0. The van der Waals surface area contributed by atoms with E-state index in [1.54, 1.807) is 34.1 Å². The summed E-state index contributed by atoms with van der Waals surface area (Å²) in [6, 6.07) is 6.64. The molecule has 2 amide bonds. The highest BCUT2D eigenvalue weighted by atomic mass is 32.2. The van der Waals surface area contributed by atoms with Crippen molar-refractivity contribution in [1.29, 1.82) is 0 Å². The Labute approximate surface area is 161 Å². The fourth-order valence-corrected chi connectivity index (χ4v) is 3.66. The van der Waals surface area contributed by atoms with Crippen LogP contribution in [-0.2, 0) is 20.3 Å². The number of hydrogen-bond donors (Lipinski definition) is 0. The van der Waals surface area contributed by atoms with Gasteiger partial charge in [-0.15, -0.1) is 0 Å². The van der Waals surface area contributed by atoms with Crippen molar-refractivity contribution in [3.05, 3.63) is 35.4 Å². The highest BCUT2D eigenvalue weighted by Gasteiger charge is 2.26. The fraction of sp³-hybridized carbons (Fsp3) is 0.579. The average molecular weight is 397 g/mol. The summed E-state index contributed by atoms with van der Waals surface area (Å²) in [6.07, 6.45) is 1.50. The van der Waals surface area contributed by atoms with Crippen LogP contribution in [0.4, 0.5) is 4.79 Å². The minimum atomic E-state index is -3.11. The summed E-state index contributed by atoms with van der Waals surface area (Å²) in [5.74, 6) is -0.164. The Bertz CT molecular complexity index is 781. The highest BCUT2D eigenvalue weighted by molar-refractivity contribution is 7.89. The van der Waals surface area contributed by atoms with Gasteiger partial charge in [-0.2, -0.15) is 0 Å². The number of carbonyl (C=O) groups is 2. The maximum absolute atomic E-state index is 12.7. The van der Waals surface area contributed by atoms with Crippen molar-refractivity contribution in [3.8, 4) is 0 Å². The van der Waals surface area contributed by atoms with Crippen molar-refractivity contribution >= 4 is 21.8 Å². The highest BCUT2D eigenvalue weighted by Crippen LogP contribution is 2.15. The lowest BCUT2D eigenvalue weighted by Gasteiger charge is -2.26. The standard InChI is InChI=1S/C19H28N2O5S/c1-19(2,3)26-18(23)21-11-5-10-20(12-13-21)17(22)16-8-6-15(7-9-16)14-27(4,24)25/h6-9H,5,10-14H2,1-4H3. The number of carbonyl (C=O) groups excluding carboxylic acids is 2. The van der Waals surface area contributed by atoms with E-state index in [9.17, 15) is 18.0 Å². The minimum absolute atomic E-state index is 0.0456. The SMILES string of the molecule is CC(C)(C)OC(=O)N1CCCN(C(=O)c2ccc(CS(C)(=O)=O)cc2)CC1. The van der Waals surface area contributed by atoms with Gasteiger partial charge in [-0.3, -0.25) is 4.79 Å². The van der Waals surface area contributed by atoms with E-state index < -0.39 is 15.4 Å². The van der Waals surface area contributed by atoms with E-state index in [0.29, 0.717) is 43.7 Å². The van der Waals surface area contributed by atoms with Crippen LogP contribution in [0.15, 0.2) is 24.3 Å². The van der Waals surface area contributed by atoms with Crippen LogP contribution in [0.5, 0.6) is 0 Å². The molecule has 0 unspecified atom stereocenters. The van der Waals surface area contributed by atoms with E-state index in [1.807, 2.05) is 20.8 Å². The van der Waals surface area contributed by atoms with Gasteiger partial charge >= 0.3 is 6.09 Å². The number of benzene rings is 1. The van der Waals surface area contributed by atoms with Crippen molar-refractivity contribution in [3.63, 3.8) is 0 Å². The third kappa shape index (κ3) is 6.86. The van der Waals surface area contributed by atoms with E-state index in [2.05, 4.69) is 0 Å². The molecule has 0 saturated carbocycles. The van der Waals surface area contributed by atoms with Gasteiger partial charge in [0.2, 0.25) is 0 Å². The van der Waals surface area contributed by atoms with E-state index in [4.69, 9.17) is 4.74 Å². The molecular formula is C19H28N2O5S. The van der Waals surface area contributed by atoms with Gasteiger partial charge in [0.15, 0.2) is 9.84 Å². The van der Waals surface area contributed by atoms with E-state index >= 15 is 0 Å². The monoisotopic (exact) mass is 396 g/mol. The van der Waals surface area contributed by atoms with Gasteiger partial charge in [0, 0.05) is 38.0 Å². The van der Waals surface area contributed by atoms with Crippen LogP contribution in [0.2, 0.25) is 0 Å². The molecule has 0 bridgehead atoms. The third-order valence-electron chi connectivity index (χ3n) is 4.06. The molecule has 150 valence electrons. The van der Waals surface area contributed by atoms with Crippen molar-refractivity contribution < 1.29 is 22.7 Å². The number of hydrogen-bond acceptors (Lipinski definition) is 5. The molecule has 0 spiro atoms. The number of sulfone groups is 1. The molecule has 1 heterocycles. The smallest absolute Gasteiger partial charge is 0.410 e. The third-order valence-corrected chi connectivity index (χ3v) is 4.92. The number of ether oxygens (including phenoxy) is 1. The van der Waals surface area contributed by atoms with Crippen LogP contribution in [-0.4, -0.2) is 68.3 Å². The number of nitrogens with zero attached hydrogens (tertiary/aromatic N) is 2. The van der Waals surface area contributed by atoms with Gasteiger partial charge in [-0.25, -0.2) is 13.2 Å². The first-order valence-corrected chi connectivity index (χ1v) is 11.0. The predicted octanol–water partition coefficient (Wildman–Crippen LogP) is 2.31.